The fraction of sp³-hybridized carbons (Fsp3) is 0. The molecule has 1 N–H and O–H groups in total. The van der Waals surface area contributed by atoms with Crippen LogP contribution in [0.25, 0.3) is 27.5 Å². The van der Waals surface area contributed by atoms with E-state index in [1.165, 1.54) is 0 Å². The second kappa shape index (κ2) is 8.13. The molecular formula is C26H17N3. The number of anilines is 1. The van der Waals surface area contributed by atoms with Crippen molar-refractivity contribution in [1.82, 2.24) is 0 Å². The van der Waals surface area contributed by atoms with E-state index < -0.39 is 0 Å². The molecule has 0 aromatic heterocycles. The molecular weight excluding hydrogens is 354 g/mol. The first-order chi connectivity index (χ1) is 14.3. The van der Waals surface area contributed by atoms with Gasteiger partial charge in [-0.25, -0.2) is 0 Å². The number of benzene rings is 4. The van der Waals surface area contributed by atoms with Crippen LogP contribution in [0.3, 0.4) is 0 Å². The van der Waals surface area contributed by atoms with Crippen molar-refractivity contribution in [2.75, 3.05) is 5.32 Å². The molecule has 0 aliphatic rings. The molecule has 136 valence electrons. The summed E-state index contributed by atoms with van der Waals surface area (Å²) in [7, 11) is 0. The zero-order valence-corrected chi connectivity index (χ0v) is 15.6. The van der Waals surface area contributed by atoms with Gasteiger partial charge in [0.25, 0.3) is 0 Å². The van der Waals surface area contributed by atoms with Crippen molar-refractivity contribution in [3.63, 3.8) is 0 Å². The molecule has 0 saturated carbocycles. The molecule has 0 atom stereocenters. The van der Waals surface area contributed by atoms with Crippen LogP contribution in [-0.4, -0.2) is 0 Å². The second-order valence-corrected chi connectivity index (χ2v) is 6.54. The van der Waals surface area contributed by atoms with Gasteiger partial charge in [0.15, 0.2) is 0 Å². The smallest absolute Gasteiger partial charge is 0.136 e. The van der Waals surface area contributed by atoms with Crippen LogP contribution >= 0.6 is 0 Å². The molecule has 0 spiro atoms. The third-order valence-electron chi connectivity index (χ3n) is 4.79. The summed E-state index contributed by atoms with van der Waals surface area (Å²) in [4.78, 5) is 0. The number of para-hydroxylation sites is 1. The van der Waals surface area contributed by atoms with Gasteiger partial charge in [-0.1, -0.05) is 84.9 Å². The van der Waals surface area contributed by atoms with Crippen molar-refractivity contribution >= 4 is 22.0 Å². The first-order valence-electron chi connectivity index (χ1n) is 9.26. The summed E-state index contributed by atoms with van der Waals surface area (Å²) in [6, 6.07) is 35.8. The van der Waals surface area contributed by atoms with Crippen molar-refractivity contribution in [1.29, 1.82) is 10.5 Å². The van der Waals surface area contributed by atoms with Crippen LogP contribution in [0.5, 0.6) is 0 Å². The standard InChI is InChI=1S/C26H17N3/c27-17-25(26(18-28)29-20-11-2-1-3-12-20)24-15-7-6-14-23(24)22-16-8-10-19-9-4-5-13-21(19)22/h1-16,29H/b26-25+. The van der Waals surface area contributed by atoms with Crippen LogP contribution in [-0.2, 0) is 0 Å². The van der Waals surface area contributed by atoms with Crippen LogP contribution in [0.4, 0.5) is 5.69 Å². The zero-order chi connectivity index (χ0) is 20.1. The lowest BCUT2D eigenvalue weighted by molar-refractivity contribution is 1.41. The van der Waals surface area contributed by atoms with Crippen LogP contribution in [0, 0.1) is 22.7 Å². The highest BCUT2D eigenvalue weighted by Gasteiger charge is 2.16. The Kier molecular flexibility index (Phi) is 5.06. The molecule has 0 aliphatic carbocycles. The number of nitrogens with zero attached hydrogens (tertiary/aromatic N) is 2. The predicted molar refractivity (Wildman–Crippen MR) is 118 cm³/mol. The molecule has 0 heterocycles. The number of rotatable bonds is 4. The minimum absolute atomic E-state index is 0.228. The van der Waals surface area contributed by atoms with Gasteiger partial charge in [0.2, 0.25) is 0 Å². The van der Waals surface area contributed by atoms with Gasteiger partial charge < -0.3 is 5.32 Å². The van der Waals surface area contributed by atoms with E-state index in [9.17, 15) is 10.5 Å². The average Bonchev–Trinajstić information content (AvgIpc) is 2.79. The number of nitriles is 2. The molecule has 29 heavy (non-hydrogen) atoms. The van der Waals surface area contributed by atoms with Gasteiger partial charge in [0.1, 0.15) is 17.8 Å². The maximum absolute atomic E-state index is 9.94. The average molecular weight is 371 g/mol. The van der Waals surface area contributed by atoms with E-state index in [1.807, 2.05) is 78.9 Å². The lowest BCUT2D eigenvalue weighted by Crippen LogP contribution is -2.02. The summed E-state index contributed by atoms with van der Waals surface area (Å²) < 4.78 is 0. The summed E-state index contributed by atoms with van der Waals surface area (Å²) in [6.07, 6.45) is 0. The zero-order valence-electron chi connectivity index (χ0n) is 15.6. The third kappa shape index (κ3) is 3.58. The van der Waals surface area contributed by atoms with Gasteiger partial charge in [-0.3, -0.25) is 0 Å². The lowest BCUT2D eigenvalue weighted by atomic mass is 9.91. The number of allylic oxidation sites excluding steroid dienone is 2. The second-order valence-electron chi connectivity index (χ2n) is 6.54. The lowest BCUT2D eigenvalue weighted by Gasteiger charge is -2.13. The van der Waals surface area contributed by atoms with E-state index in [0.717, 1.165) is 33.2 Å². The van der Waals surface area contributed by atoms with Crippen molar-refractivity contribution in [3.05, 3.63) is 108 Å². The van der Waals surface area contributed by atoms with Crippen molar-refractivity contribution in [3.8, 4) is 23.3 Å². The molecule has 0 saturated heterocycles. The highest BCUT2D eigenvalue weighted by molar-refractivity contribution is 6.01. The Morgan fingerprint density at radius 3 is 2.07 bits per heavy atom. The number of hydrogen-bond acceptors (Lipinski definition) is 3. The first-order valence-corrected chi connectivity index (χ1v) is 9.26. The number of fused-ring (bicyclic) bond motifs is 1. The molecule has 0 amide bonds. The van der Waals surface area contributed by atoms with E-state index in [1.54, 1.807) is 0 Å². The summed E-state index contributed by atoms with van der Waals surface area (Å²) in [6.45, 7) is 0. The molecule has 0 bridgehead atoms. The SMILES string of the molecule is N#C/C(Nc1ccccc1)=C(/C#N)c1ccccc1-c1cccc2ccccc12. The maximum Gasteiger partial charge on any atom is 0.136 e. The van der Waals surface area contributed by atoms with Crippen LogP contribution in [0.15, 0.2) is 103 Å². The molecule has 0 unspecified atom stereocenters. The summed E-state index contributed by atoms with van der Waals surface area (Å²) >= 11 is 0. The quantitative estimate of drug-likeness (QED) is 0.424. The number of nitrogens with one attached hydrogen (secondary N) is 1. The van der Waals surface area contributed by atoms with Gasteiger partial charge in [-0.05, 0) is 34.0 Å². The first kappa shape index (κ1) is 18.0. The third-order valence-corrected chi connectivity index (χ3v) is 4.79. The molecule has 0 fully saturated rings. The fourth-order valence-corrected chi connectivity index (χ4v) is 3.46. The fourth-order valence-electron chi connectivity index (χ4n) is 3.46. The Morgan fingerprint density at radius 1 is 0.621 bits per heavy atom. The molecule has 4 aromatic carbocycles. The van der Waals surface area contributed by atoms with E-state index in [4.69, 9.17) is 0 Å². The molecule has 0 aliphatic heterocycles. The Balaban J connectivity index is 1.91. The molecule has 4 rings (SSSR count). The van der Waals surface area contributed by atoms with Crippen molar-refractivity contribution in [2.45, 2.75) is 0 Å². The van der Waals surface area contributed by atoms with Crippen LogP contribution < -0.4 is 5.32 Å². The summed E-state index contributed by atoms with van der Waals surface area (Å²) in [5.41, 5.74) is 3.99. The van der Waals surface area contributed by atoms with Crippen molar-refractivity contribution in [2.24, 2.45) is 0 Å². The molecule has 0 radical (unpaired) electrons. The van der Waals surface area contributed by atoms with Gasteiger partial charge in [-0.2, -0.15) is 10.5 Å². The van der Waals surface area contributed by atoms with Gasteiger partial charge >= 0.3 is 0 Å². The highest BCUT2D eigenvalue weighted by Crippen LogP contribution is 2.35. The minimum Gasteiger partial charge on any atom is -0.346 e. The van der Waals surface area contributed by atoms with E-state index >= 15 is 0 Å². The topological polar surface area (TPSA) is 59.6 Å². The van der Waals surface area contributed by atoms with Gasteiger partial charge in [0, 0.05) is 11.3 Å². The van der Waals surface area contributed by atoms with Crippen LogP contribution in [0.1, 0.15) is 5.56 Å². The Morgan fingerprint density at radius 2 is 1.28 bits per heavy atom. The normalized spacial score (nSPS) is 11.2. The van der Waals surface area contributed by atoms with Crippen molar-refractivity contribution < 1.29 is 0 Å². The highest BCUT2D eigenvalue weighted by atomic mass is 14.9. The predicted octanol–water partition coefficient (Wildman–Crippen LogP) is 6.38. The Bertz CT molecular complexity index is 1280. The van der Waals surface area contributed by atoms with Gasteiger partial charge in [-0.15, -0.1) is 0 Å². The summed E-state index contributed by atoms with van der Waals surface area (Å²) in [5, 5.41) is 25.0. The molecule has 3 heteroatoms. The Labute approximate surface area is 169 Å². The Hall–Kier alpha value is -4.34. The molecule has 4 aromatic rings. The monoisotopic (exact) mass is 371 g/mol. The maximum atomic E-state index is 9.94. The van der Waals surface area contributed by atoms with Crippen LogP contribution in [0.2, 0.25) is 0 Å². The van der Waals surface area contributed by atoms with E-state index in [0.29, 0.717) is 5.57 Å². The van der Waals surface area contributed by atoms with E-state index in [2.05, 4.69) is 35.7 Å². The largest absolute Gasteiger partial charge is 0.346 e. The van der Waals surface area contributed by atoms with E-state index in [-0.39, 0.29) is 5.70 Å². The summed E-state index contributed by atoms with van der Waals surface area (Å²) in [5.74, 6) is 0. The number of hydrogen-bond donors (Lipinski definition) is 1. The molecule has 3 nitrogen and oxygen atoms in total. The van der Waals surface area contributed by atoms with Gasteiger partial charge in [0.05, 0.1) is 5.57 Å². The minimum atomic E-state index is 0.228.